The summed E-state index contributed by atoms with van der Waals surface area (Å²) in [6.07, 6.45) is 0.841. The fourth-order valence-corrected chi connectivity index (χ4v) is 6.43. The predicted molar refractivity (Wildman–Crippen MR) is 99.8 cm³/mol. The first-order valence-corrected chi connectivity index (χ1v) is 10.3. The first-order chi connectivity index (χ1) is 11.8. The first kappa shape index (κ1) is 17.8. The molecular weight excluding hydrogens is 499 g/mol. The smallest absolute Gasteiger partial charge is 0.270 e. The van der Waals surface area contributed by atoms with Gasteiger partial charge in [0.1, 0.15) is 0 Å². The van der Waals surface area contributed by atoms with Crippen LogP contribution in [-0.4, -0.2) is 32.4 Å². The molecule has 0 aromatic heterocycles. The number of nitrogens with one attached hydrogen (secondary N) is 1. The Bertz CT molecular complexity index is 774. The molecule has 1 aromatic carbocycles. The fraction of sp³-hybridized carbons (Fsp3) is 0.438. The molecule has 3 fully saturated rings. The number of imide groups is 1. The predicted octanol–water partition coefficient (Wildman–Crippen LogP) is 3.42. The third-order valence-corrected chi connectivity index (χ3v) is 9.33. The summed E-state index contributed by atoms with van der Waals surface area (Å²) in [4.78, 5) is 38.2. The van der Waals surface area contributed by atoms with Crippen LogP contribution >= 0.6 is 55.1 Å². The van der Waals surface area contributed by atoms with Gasteiger partial charge in [-0.05, 0) is 36.5 Å². The van der Waals surface area contributed by atoms with E-state index in [-0.39, 0.29) is 55.7 Å². The molecule has 25 heavy (non-hydrogen) atoms. The summed E-state index contributed by atoms with van der Waals surface area (Å²) in [6, 6.07) is 4.38. The van der Waals surface area contributed by atoms with Crippen molar-refractivity contribution in [1.82, 2.24) is 10.4 Å². The summed E-state index contributed by atoms with van der Waals surface area (Å²) in [5.41, 5.74) is 2.66. The van der Waals surface area contributed by atoms with Crippen LogP contribution in [0.1, 0.15) is 16.8 Å². The van der Waals surface area contributed by atoms with Crippen molar-refractivity contribution in [1.29, 1.82) is 0 Å². The van der Waals surface area contributed by atoms with E-state index in [1.54, 1.807) is 0 Å². The average molecular weight is 511 g/mol. The van der Waals surface area contributed by atoms with Crippen molar-refractivity contribution >= 4 is 72.8 Å². The maximum Gasteiger partial charge on any atom is 0.270 e. The van der Waals surface area contributed by atoms with Crippen molar-refractivity contribution in [3.8, 4) is 0 Å². The fourth-order valence-electron chi connectivity index (χ4n) is 4.26. The summed E-state index contributed by atoms with van der Waals surface area (Å²) in [5.74, 6) is -1.78. The number of rotatable bonds is 2. The Morgan fingerprint density at radius 1 is 1.04 bits per heavy atom. The van der Waals surface area contributed by atoms with E-state index in [9.17, 15) is 14.4 Å². The number of hydrogen-bond donors (Lipinski definition) is 1. The lowest BCUT2D eigenvalue weighted by molar-refractivity contribution is -0.143. The molecule has 0 radical (unpaired) electrons. The monoisotopic (exact) mass is 508 g/mol. The Balaban J connectivity index is 1.56. The minimum Gasteiger partial charge on any atom is -0.272 e. The highest BCUT2D eigenvalue weighted by Gasteiger charge is 2.66. The molecular formula is C16H12Br2Cl2N2O3. The molecule has 1 heterocycles. The summed E-state index contributed by atoms with van der Waals surface area (Å²) < 4.78 is 0. The van der Waals surface area contributed by atoms with E-state index in [4.69, 9.17) is 23.2 Å². The molecule has 132 valence electrons. The van der Waals surface area contributed by atoms with Gasteiger partial charge in [0.05, 0.1) is 21.9 Å². The van der Waals surface area contributed by atoms with E-state index in [0.717, 1.165) is 11.4 Å². The van der Waals surface area contributed by atoms with E-state index in [1.165, 1.54) is 18.2 Å². The molecule has 1 N–H and O–H groups in total. The molecule has 6 atom stereocenters. The molecule has 3 aliphatic rings. The van der Waals surface area contributed by atoms with Gasteiger partial charge in [-0.2, -0.15) is 5.01 Å². The van der Waals surface area contributed by atoms with Crippen LogP contribution in [0.15, 0.2) is 18.2 Å². The topological polar surface area (TPSA) is 66.5 Å². The zero-order valence-corrected chi connectivity index (χ0v) is 17.3. The van der Waals surface area contributed by atoms with Crippen LogP contribution in [0.5, 0.6) is 0 Å². The lowest BCUT2D eigenvalue weighted by Gasteiger charge is -2.28. The minimum absolute atomic E-state index is 0.0997. The van der Waals surface area contributed by atoms with Crippen molar-refractivity contribution in [3.05, 3.63) is 33.8 Å². The summed E-state index contributed by atoms with van der Waals surface area (Å²) in [7, 11) is 0. The second-order valence-corrected chi connectivity index (χ2v) is 9.51. The third kappa shape index (κ3) is 2.58. The number of benzene rings is 1. The largest absolute Gasteiger partial charge is 0.272 e. The van der Waals surface area contributed by atoms with Crippen LogP contribution in [0.4, 0.5) is 0 Å². The number of alkyl halides is 2. The van der Waals surface area contributed by atoms with E-state index < -0.39 is 5.91 Å². The lowest BCUT2D eigenvalue weighted by Crippen LogP contribution is -2.47. The van der Waals surface area contributed by atoms with Gasteiger partial charge in [-0.3, -0.25) is 19.8 Å². The minimum atomic E-state index is -0.571. The summed E-state index contributed by atoms with van der Waals surface area (Å²) in [6.45, 7) is 0. The molecule has 4 rings (SSSR count). The van der Waals surface area contributed by atoms with Gasteiger partial charge < -0.3 is 0 Å². The molecule has 1 aliphatic heterocycles. The van der Waals surface area contributed by atoms with Crippen LogP contribution in [0, 0.1) is 23.7 Å². The van der Waals surface area contributed by atoms with Crippen molar-refractivity contribution in [3.63, 3.8) is 0 Å². The quantitative estimate of drug-likeness (QED) is 0.490. The number of carbonyl (C=O) groups excluding carboxylic acids is 3. The van der Waals surface area contributed by atoms with Gasteiger partial charge in [-0.1, -0.05) is 55.1 Å². The van der Waals surface area contributed by atoms with Crippen LogP contribution < -0.4 is 5.43 Å². The second-order valence-electron chi connectivity index (χ2n) is 6.59. The first-order valence-electron chi connectivity index (χ1n) is 7.73. The number of nitrogens with zero attached hydrogens (tertiary/aromatic N) is 1. The van der Waals surface area contributed by atoms with Crippen molar-refractivity contribution in [2.24, 2.45) is 23.7 Å². The molecule has 0 spiro atoms. The molecule has 3 amide bonds. The SMILES string of the molecule is O=C(NN1C(=O)[C@@H]2[C@H]3C[C@@H]([C@H](Br)[C@H]3Br)[C@@H]2C1=O)c1ccc(Cl)c(Cl)c1. The van der Waals surface area contributed by atoms with Crippen LogP contribution in [0.25, 0.3) is 0 Å². The molecule has 2 bridgehead atoms. The zero-order chi connectivity index (χ0) is 18.0. The highest BCUT2D eigenvalue weighted by molar-refractivity contribution is 9.12. The average Bonchev–Trinajstić information content (AvgIpc) is 3.17. The number of fused-ring (bicyclic) bond motifs is 5. The summed E-state index contributed by atoms with van der Waals surface area (Å²) in [5, 5.41) is 1.43. The van der Waals surface area contributed by atoms with E-state index in [1.807, 2.05) is 0 Å². The second kappa shape index (κ2) is 6.22. The lowest BCUT2D eigenvalue weighted by atomic mass is 9.81. The van der Waals surface area contributed by atoms with E-state index in [0.29, 0.717) is 5.02 Å². The summed E-state index contributed by atoms with van der Waals surface area (Å²) >= 11 is 19.0. The number of carbonyl (C=O) groups is 3. The van der Waals surface area contributed by atoms with Gasteiger partial charge in [-0.25, -0.2) is 0 Å². The maximum absolute atomic E-state index is 12.7. The van der Waals surface area contributed by atoms with Gasteiger partial charge in [-0.15, -0.1) is 0 Å². The van der Waals surface area contributed by atoms with E-state index >= 15 is 0 Å². The molecule has 5 nitrogen and oxygen atoms in total. The standard InChI is InChI=1S/C16H12Br2Cl2N2O3/c17-12-6-4-7(13(12)18)11-10(6)15(24)22(16(11)25)21-14(23)5-1-2-8(19)9(20)3-5/h1-3,6-7,10-13H,4H2,(H,21,23)/t6-,7-,10-,11+,12+,13+/m1/s1. The molecule has 1 saturated heterocycles. The highest BCUT2D eigenvalue weighted by atomic mass is 79.9. The van der Waals surface area contributed by atoms with Crippen LogP contribution in [-0.2, 0) is 9.59 Å². The molecule has 9 heteroatoms. The molecule has 1 aromatic rings. The van der Waals surface area contributed by atoms with Gasteiger partial charge >= 0.3 is 0 Å². The Morgan fingerprint density at radius 2 is 1.60 bits per heavy atom. The Morgan fingerprint density at radius 3 is 2.12 bits per heavy atom. The van der Waals surface area contributed by atoms with Gasteiger partial charge in [0.15, 0.2) is 0 Å². The molecule has 2 aliphatic carbocycles. The van der Waals surface area contributed by atoms with Crippen molar-refractivity contribution in [2.75, 3.05) is 0 Å². The van der Waals surface area contributed by atoms with Gasteiger partial charge in [0.25, 0.3) is 17.7 Å². The van der Waals surface area contributed by atoms with E-state index in [2.05, 4.69) is 37.3 Å². The molecule has 2 saturated carbocycles. The highest BCUT2D eigenvalue weighted by Crippen LogP contribution is 2.59. The van der Waals surface area contributed by atoms with Gasteiger partial charge in [0, 0.05) is 15.2 Å². The normalized spacial score (nSPS) is 36.1. The van der Waals surface area contributed by atoms with Crippen LogP contribution in [0.3, 0.4) is 0 Å². The number of hydrogen-bond acceptors (Lipinski definition) is 3. The Hall–Kier alpha value is -0.630. The van der Waals surface area contributed by atoms with Crippen molar-refractivity contribution < 1.29 is 14.4 Å². The van der Waals surface area contributed by atoms with Gasteiger partial charge in [0.2, 0.25) is 0 Å². The molecule has 0 unspecified atom stereocenters. The van der Waals surface area contributed by atoms with Crippen LogP contribution in [0.2, 0.25) is 10.0 Å². The Labute approximate surface area is 170 Å². The third-order valence-electron chi connectivity index (χ3n) is 5.38. The number of hydrazine groups is 1. The number of amides is 3. The van der Waals surface area contributed by atoms with Crippen molar-refractivity contribution in [2.45, 2.75) is 16.1 Å². The number of halogens is 4. The zero-order valence-electron chi connectivity index (χ0n) is 12.6. The maximum atomic E-state index is 12.7. The Kier molecular flexibility index (Phi) is 4.42.